The van der Waals surface area contributed by atoms with Crippen LogP contribution in [-0.4, -0.2) is 23.8 Å². The minimum absolute atomic E-state index is 0.00280. The fraction of sp³-hybridized carbons (Fsp3) is 0.308. The highest BCUT2D eigenvalue weighted by Crippen LogP contribution is 2.04. The third-order valence-electron chi connectivity index (χ3n) is 1.99. The first kappa shape index (κ1) is 12.5. The van der Waals surface area contributed by atoms with Crippen molar-refractivity contribution in [1.29, 1.82) is 0 Å². The van der Waals surface area contributed by atoms with Crippen molar-refractivity contribution in [2.45, 2.75) is 19.4 Å². The summed E-state index contributed by atoms with van der Waals surface area (Å²) in [6.07, 6.45) is 2.58. The standard InChI is InChI=1S/C13H16O3/c1-2-16-13(15)10-12(14)9-8-11-6-4-3-5-7-11/h3-9,12,14H,2,10H2,1H3. The number of aliphatic hydroxyl groups is 1. The zero-order valence-electron chi connectivity index (χ0n) is 9.30. The SMILES string of the molecule is CCOC(=O)CC(O)C=Cc1ccccc1. The molecule has 0 saturated heterocycles. The van der Waals surface area contributed by atoms with Gasteiger partial charge in [-0.25, -0.2) is 0 Å². The zero-order valence-corrected chi connectivity index (χ0v) is 9.30. The van der Waals surface area contributed by atoms with Crippen LogP contribution >= 0.6 is 0 Å². The largest absolute Gasteiger partial charge is 0.466 e. The Morgan fingerprint density at radius 3 is 2.75 bits per heavy atom. The average molecular weight is 220 g/mol. The first-order valence-corrected chi connectivity index (χ1v) is 5.29. The second-order valence-electron chi connectivity index (χ2n) is 3.35. The van der Waals surface area contributed by atoms with Gasteiger partial charge >= 0.3 is 5.97 Å². The van der Waals surface area contributed by atoms with Crippen molar-refractivity contribution >= 4 is 12.0 Å². The molecule has 86 valence electrons. The molecule has 0 aliphatic heterocycles. The summed E-state index contributed by atoms with van der Waals surface area (Å²) >= 11 is 0. The lowest BCUT2D eigenvalue weighted by molar-refractivity contribution is -0.144. The minimum Gasteiger partial charge on any atom is -0.466 e. The van der Waals surface area contributed by atoms with E-state index in [1.165, 1.54) is 0 Å². The second kappa shape index (κ2) is 6.80. The van der Waals surface area contributed by atoms with Gasteiger partial charge in [0.2, 0.25) is 0 Å². The zero-order chi connectivity index (χ0) is 11.8. The van der Waals surface area contributed by atoms with Crippen LogP contribution < -0.4 is 0 Å². The molecule has 0 saturated carbocycles. The summed E-state index contributed by atoms with van der Waals surface area (Å²) in [6, 6.07) is 9.60. The number of benzene rings is 1. The van der Waals surface area contributed by atoms with E-state index in [1.807, 2.05) is 30.3 Å². The van der Waals surface area contributed by atoms with E-state index in [1.54, 1.807) is 19.1 Å². The highest BCUT2D eigenvalue weighted by molar-refractivity contribution is 5.70. The fourth-order valence-corrected chi connectivity index (χ4v) is 1.25. The normalized spacial score (nSPS) is 12.6. The maximum Gasteiger partial charge on any atom is 0.308 e. The van der Waals surface area contributed by atoms with Crippen LogP contribution in [0.1, 0.15) is 18.9 Å². The van der Waals surface area contributed by atoms with Gasteiger partial charge in [-0.1, -0.05) is 42.5 Å². The Bertz CT molecular complexity index is 343. The molecular weight excluding hydrogens is 204 g/mol. The number of carbonyl (C=O) groups is 1. The van der Waals surface area contributed by atoms with Gasteiger partial charge in [0.05, 0.1) is 19.1 Å². The molecule has 1 unspecified atom stereocenters. The van der Waals surface area contributed by atoms with E-state index >= 15 is 0 Å². The van der Waals surface area contributed by atoms with Crippen molar-refractivity contribution in [1.82, 2.24) is 0 Å². The van der Waals surface area contributed by atoms with Crippen LogP contribution in [0.3, 0.4) is 0 Å². The van der Waals surface area contributed by atoms with Gasteiger partial charge in [0.1, 0.15) is 0 Å². The van der Waals surface area contributed by atoms with Crippen LogP contribution in [-0.2, 0) is 9.53 Å². The monoisotopic (exact) mass is 220 g/mol. The van der Waals surface area contributed by atoms with E-state index in [-0.39, 0.29) is 12.4 Å². The smallest absolute Gasteiger partial charge is 0.308 e. The highest BCUT2D eigenvalue weighted by Gasteiger charge is 2.07. The third-order valence-corrected chi connectivity index (χ3v) is 1.99. The summed E-state index contributed by atoms with van der Waals surface area (Å²) in [6.45, 7) is 2.08. The molecule has 1 N–H and O–H groups in total. The second-order valence-corrected chi connectivity index (χ2v) is 3.35. The predicted molar refractivity (Wildman–Crippen MR) is 62.7 cm³/mol. The lowest BCUT2D eigenvalue weighted by Gasteiger charge is -2.04. The molecule has 3 nitrogen and oxygen atoms in total. The minimum atomic E-state index is -0.792. The van der Waals surface area contributed by atoms with Gasteiger partial charge in [-0.15, -0.1) is 0 Å². The lowest BCUT2D eigenvalue weighted by Crippen LogP contribution is -2.13. The Morgan fingerprint density at radius 1 is 1.44 bits per heavy atom. The average Bonchev–Trinajstić information content (AvgIpc) is 2.28. The Labute approximate surface area is 95.4 Å². The molecule has 0 spiro atoms. The molecule has 3 heteroatoms. The number of rotatable bonds is 5. The van der Waals surface area contributed by atoms with Crippen LogP contribution in [0.25, 0.3) is 6.08 Å². The molecule has 0 radical (unpaired) electrons. The van der Waals surface area contributed by atoms with Gasteiger partial charge in [0.25, 0.3) is 0 Å². The summed E-state index contributed by atoms with van der Waals surface area (Å²) in [5, 5.41) is 9.52. The van der Waals surface area contributed by atoms with Crippen molar-refractivity contribution in [2.24, 2.45) is 0 Å². The van der Waals surface area contributed by atoms with E-state index in [4.69, 9.17) is 4.74 Å². The topological polar surface area (TPSA) is 46.5 Å². The number of ether oxygens (including phenoxy) is 1. The van der Waals surface area contributed by atoms with Crippen molar-refractivity contribution in [2.75, 3.05) is 6.61 Å². The first-order chi connectivity index (χ1) is 7.72. The first-order valence-electron chi connectivity index (χ1n) is 5.29. The Kier molecular flexibility index (Phi) is 5.29. The van der Waals surface area contributed by atoms with E-state index in [2.05, 4.69) is 0 Å². The van der Waals surface area contributed by atoms with Crippen molar-refractivity contribution < 1.29 is 14.6 Å². The Hall–Kier alpha value is -1.61. The van der Waals surface area contributed by atoms with Crippen molar-refractivity contribution in [3.63, 3.8) is 0 Å². The van der Waals surface area contributed by atoms with Gasteiger partial charge in [0.15, 0.2) is 0 Å². The van der Waals surface area contributed by atoms with Crippen LogP contribution in [0, 0.1) is 0 Å². The molecule has 1 aromatic carbocycles. The van der Waals surface area contributed by atoms with E-state index < -0.39 is 6.10 Å². The molecule has 1 rings (SSSR count). The molecule has 0 amide bonds. The molecule has 0 fully saturated rings. The maximum absolute atomic E-state index is 11.0. The number of carbonyl (C=O) groups excluding carboxylic acids is 1. The molecule has 16 heavy (non-hydrogen) atoms. The van der Waals surface area contributed by atoms with Crippen LogP contribution in [0.2, 0.25) is 0 Å². The summed E-state index contributed by atoms with van der Waals surface area (Å²) in [5.41, 5.74) is 0.991. The van der Waals surface area contributed by atoms with Crippen LogP contribution in [0.4, 0.5) is 0 Å². The fourth-order valence-electron chi connectivity index (χ4n) is 1.25. The van der Waals surface area contributed by atoms with Gasteiger partial charge < -0.3 is 9.84 Å². The van der Waals surface area contributed by atoms with Crippen molar-refractivity contribution in [3.05, 3.63) is 42.0 Å². The van der Waals surface area contributed by atoms with Gasteiger partial charge in [-0.05, 0) is 12.5 Å². The van der Waals surface area contributed by atoms with Gasteiger partial charge in [-0.3, -0.25) is 4.79 Å². The molecule has 0 heterocycles. The van der Waals surface area contributed by atoms with E-state index in [0.29, 0.717) is 6.61 Å². The summed E-state index contributed by atoms with van der Waals surface area (Å²) in [4.78, 5) is 11.0. The Morgan fingerprint density at radius 2 is 2.12 bits per heavy atom. The molecular formula is C13H16O3. The molecule has 0 aliphatic rings. The number of hydrogen-bond acceptors (Lipinski definition) is 3. The summed E-state index contributed by atoms with van der Waals surface area (Å²) in [5.74, 6) is -0.382. The van der Waals surface area contributed by atoms with Crippen LogP contribution in [0.15, 0.2) is 36.4 Å². The predicted octanol–water partition coefficient (Wildman–Crippen LogP) is 2.01. The van der Waals surface area contributed by atoms with E-state index in [0.717, 1.165) is 5.56 Å². The maximum atomic E-state index is 11.0. The molecule has 1 atom stereocenters. The highest BCUT2D eigenvalue weighted by atomic mass is 16.5. The van der Waals surface area contributed by atoms with Crippen LogP contribution in [0.5, 0.6) is 0 Å². The lowest BCUT2D eigenvalue weighted by atomic mass is 10.1. The molecule has 0 aliphatic carbocycles. The summed E-state index contributed by atoms with van der Waals surface area (Å²) in [7, 11) is 0. The van der Waals surface area contributed by atoms with Crippen molar-refractivity contribution in [3.8, 4) is 0 Å². The number of aliphatic hydroxyl groups excluding tert-OH is 1. The summed E-state index contributed by atoms with van der Waals surface area (Å²) < 4.78 is 4.73. The quantitative estimate of drug-likeness (QED) is 0.772. The Balaban J connectivity index is 2.42. The molecule has 0 bridgehead atoms. The van der Waals surface area contributed by atoms with Gasteiger partial charge in [-0.2, -0.15) is 0 Å². The van der Waals surface area contributed by atoms with Gasteiger partial charge in [0, 0.05) is 0 Å². The third kappa shape index (κ3) is 4.75. The number of hydrogen-bond donors (Lipinski definition) is 1. The molecule has 1 aromatic rings. The molecule has 0 aromatic heterocycles. The van der Waals surface area contributed by atoms with E-state index in [9.17, 15) is 9.90 Å². The number of esters is 1.